The minimum atomic E-state index is -0.0644. The average Bonchev–Trinajstić information content (AvgIpc) is 3.07. The number of carbonyl (C=O) groups is 1. The Morgan fingerprint density at radius 1 is 1.22 bits per heavy atom. The molecular formula is C16H14BrN3OS2. The molecule has 0 atom stereocenters. The van der Waals surface area contributed by atoms with Crippen molar-refractivity contribution < 1.29 is 4.79 Å². The van der Waals surface area contributed by atoms with Crippen LogP contribution in [0.15, 0.2) is 34.1 Å². The lowest BCUT2D eigenvalue weighted by molar-refractivity contribution is -0.115. The van der Waals surface area contributed by atoms with Crippen LogP contribution in [0.5, 0.6) is 0 Å². The van der Waals surface area contributed by atoms with E-state index in [0.717, 1.165) is 31.3 Å². The summed E-state index contributed by atoms with van der Waals surface area (Å²) in [5, 5.41) is 6.45. The van der Waals surface area contributed by atoms with E-state index in [0.29, 0.717) is 11.6 Å². The molecule has 0 aliphatic heterocycles. The van der Waals surface area contributed by atoms with Crippen LogP contribution < -0.4 is 5.32 Å². The molecule has 0 aliphatic rings. The number of amides is 1. The quantitative estimate of drug-likeness (QED) is 0.673. The van der Waals surface area contributed by atoms with E-state index in [1.54, 1.807) is 11.3 Å². The lowest BCUT2D eigenvalue weighted by Crippen LogP contribution is -2.14. The molecule has 7 heteroatoms. The lowest BCUT2D eigenvalue weighted by atomic mass is 10.1. The van der Waals surface area contributed by atoms with E-state index in [9.17, 15) is 4.79 Å². The van der Waals surface area contributed by atoms with Crippen LogP contribution in [0.1, 0.15) is 16.3 Å². The molecule has 3 aromatic rings. The van der Waals surface area contributed by atoms with Crippen LogP contribution in [-0.4, -0.2) is 15.9 Å². The van der Waals surface area contributed by atoms with Gasteiger partial charge in [0, 0.05) is 9.85 Å². The summed E-state index contributed by atoms with van der Waals surface area (Å²) in [5.41, 5.74) is 2.82. The summed E-state index contributed by atoms with van der Waals surface area (Å²) in [4.78, 5) is 22.1. The Bertz CT molecular complexity index is 839. The Morgan fingerprint density at radius 3 is 2.61 bits per heavy atom. The van der Waals surface area contributed by atoms with Crippen molar-refractivity contribution in [3.63, 3.8) is 0 Å². The number of nitrogens with one attached hydrogen (secondary N) is 1. The minimum Gasteiger partial charge on any atom is -0.302 e. The highest BCUT2D eigenvalue weighted by Gasteiger charge is 2.13. The van der Waals surface area contributed by atoms with Crippen molar-refractivity contribution in [1.82, 2.24) is 9.97 Å². The molecule has 1 N–H and O–H groups in total. The monoisotopic (exact) mass is 407 g/mol. The molecule has 0 fully saturated rings. The highest BCUT2D eigenvalue weighted by atomic mass is 79.9. The first kappa shape index (κ1) is 16.3. The van der Waals surface area contributed by atoms with Crippen molar-refractivity contribution in [1.29, 1.82) is 0 Å². The van der Waals surface area contributed by atoms with Gasteiger partial charge < -0.3 is 5.32 Å². The second kappa shape index (κ2) is 6.90. The Balaban J connectivity index is 1.68. The first-order valence-electron chi connectivity index (χ1n) is 6.95. The molecule has 0 spiro atoms. The third-order valence-corrected chi connectivity index (χ3v) is 5.55. The van der Waals surface area contributed by atoms with E-state index < -0.39 is 0 Å². The molecular weight excluding hydrogens is 394 g/mol. The van der Waals surface area contributed by atoms with Gasteiger partial charge in [-0.3, -0.25) is 4.79 Å². The Hall–Kier alpha value is -1.57. The third kappa shape index (κ3) is 4.04. The summed E-state index contributed by atoms with van der Waals surface area (Å²) >= 11 is 6.44. The fourth-order valence-electron chi connectivity index (χ4n) is 2.16. The highest BCUT2D eigenvalue weighted by molar-refractivity contribution is 9.10. The van der Waals surface area contributed by atoms with Crippen molar-refractivity contribution >= 4 is 49.6 Å². The number of aromatic nitrogens is 2. The van der Waals surface area contributed by atoms with Gasteiger partial charge in [0.1, 0.15) is 0 Å². The molecule has 0 bridgehead atoms. The van der Waals surface area contributed by atoms with Gasteiger partial charge in [-0.05, 0) is 31.5 Å². The van der Waals surface area contributed by atoms with Crippen LogP contribution in [0.4, 0.5) is 5.13 Å². The van der Waals surface area contributed by atoms with Crippen LogP contribution in [-0.2, 0) is 11.2 Å². The van der Waals surface area contributed by atoms with E-state index in [2.05, 4.69) is 31.2 Å². The molecule has 1 aromatic carbocycles. The van der Waals surface area contributed by atoms with Crippen molar-refractivity contribution in [2.75, 3.05) is 5.32 Å². The number of carbonyl (C=O) groups excluding carboxylic acids is 1. The zero-order valence-electron chi connectivity index (χ0n) is 12.6. The average molecular weight is 408 g/mol. The number of anilines is 1. The van der Waals surface area contributed by atoms with Crippen LogP contribution in [0, 0.1) is 13.8 Å². The number of aryl methyl sites for hydroxylation is 2. The van der Waals surface area contributed by atoms with Crippen LogP contribution in [0.2, 0.25) is 0 Å². The molecule has 23 heavy (non-hydrogen) atoms. The standard InChI is InChI=1S/C16H14BrN3OS2/c1-9-15(23-10(2)18-9)13-8-22-16(19-13)20-14(21)7-11-3-5-12(17)6-4-11/h3-6,8H,7H2,1-2H3,(H,19,20,21). The topological polar surface area (TPSA) is 54.9 Å². The number of thiazole rings is 2. The molecule has 0 saturated carbocycles. The van der Waals surface area contributed by atoms with Crippen molar-refractivity contribution in [3.05, 3.63) is 50.4 Å². The van der Waals surface area contributed by atoms with Gasteiger partial charge in [-0.25, -0.2) is 9.97 Å². The summed E-state index contributed by atoms with van der Waals surface area (Å²) in [7, 11) is 0. The minimum absolute atomic E-state index is 0.0644. The second-order valence-electron chi connectivity index (χ2n) is 5.04. The number of rotatable bonds is 4. The molecule has 118 valence electrons. The molecule has 0 radical (unpaired) electrons. The predicted molar refractivity (Wildman–Crippen MR) is 99.2 cm³/mol. The van der Waals surface area contributed by atoms with Gasteiger partial charge in [0.25, 0.3) is 0 Å². The highest BCUT2D eigenvalue weighted by Crippen LogP contribution is 2.32. The summed E-state index contributed by atoms with van der Waals surface area (Å²) in [5.74, 6) is -0.0644. The Labute approximate surface area is 150 Å². The first-order chi connectivity index (χ1) is 11.0. The van der Waals surface area contributed by atoms with Crippen LogP contribution >= 0.6 is 38.6 Å². The van der Waals surface area contributed by atoms with Crippen molar-refractivity contribution in [2.45, 2.75) is 20.3 Å². The maximum atomic E-state index is 12.1. The van der Waals surface area contributed by atoms with Gasteiger partial charge in [0.2, 0.25) is 5.91 Å². The van der Waals surface area contributed by atoms with Gasteiger partial charge in [-0.1, -0.05) is 28.1 Å². The molecule has 2 heterocycles. The van der Waals surface area contributed by atoms with Gasteiger partial charge >= 0.3 is 0 Å². The predicted octanol–water partition coefficient (Wildman–Crippen LogP) is 4.83. The fraction of sp³-hybridized carbons (Fsp3) is 0.188. The maximum Gasteiger partial charge on any atom is 0.230 e. The normalized spacial score (nSPS) is 10.7. The van der Waals surface area contributed by atoms with Gasteiger partial charge in [-0.15, -0.1) is 22.7 Å². The number of hydrogen-bond acceptors (Lipinski definition) is 5. The summed E-state index contributed by atoms with van der Waals surface area (Å²) in [6.07, 6.45) is 0.334. The molecule has 0 saturated heterocycles. The molecule has 0 unspecified atom stereocenters. The Kier molecular flexibility index (Phi) is 4.89. The van der Waals surface area contributed by atoms with Gasteiger partial charge in [0.05, 0.1) is 27.7 Å². The fourth-order valence-corrected chi connectivity index (χ4v) is 4.09. The molecule has 1 amide bonds. The molecule has 2 aromatic heterocycles. The summed E-state index contributed by atoms with van der Waals surface area (Å²) < 4.78 is 1.00. The maximum absolute atomic E-state index is 12.1. The second-order valence-corrected chi connectivity index (χ2v) is 8.01. The summed E-state index contributed by atoms with van der Waals surface area (Å²) in [6, 6.07) is 7.72. The van der Waals surface area contributed by atoms with Gasteiger partial charge in [0.15, 0.2) is 5.13 Å². The number of hydrogen-bond donors (Lipinski definition) is 1. The smallest absolute Gasteiger partial charge is 0.230 e. The third-order valence-electron chi connectivity index (χ3n) is 3.16. The van der Waals surface area contributed by atoms with E-state index >= 15 is 0 Å². The molecule has 4 nitrogen and oxygen atoms in total. The zero-order chi connectivity index (χ0) is 16.4. The van der Waals surface area contributed by atoms with E-state index in [-0.39, 0.29) is 5.91 Å². The van der Waals surface area contributed by atoms with E-state index in [4.69, 9.17) is 0 Å². The number of benzene rings is 1. The number of halogens is 1. The van der Waals surface area contributed by atoms with Crippen LogP contribution in [0.3, 0.4) is 0 Å². The zero-order valence-corrected chi connectivity index (χ0v) is 15.8. The summed E-state index contributed by atoms with van der Waals surface area (Å²) in [6.45, 7) is 3.96. The molecule has 3 rings (SSSR count). The first-order valence-corrected chi connectivity index (χ1v) is 9.44. The lowest BCUT2D eigenvalue weighted by Gasteiger charge is -2.02. The number of nitrogens with zero attached hydrogens (tertiary/aromatic N) is 2. The van der Waals surface area contributed by atoms with Crippen molar-refractivity contribution in [3.8, 4) is 10.6 Å². The molecule has 0 aliphatic carbocycles. The van der Waals surface area contributed by atoms with Crippen molar-refractivity contribution in [2.24, 2.45) is 0 Å². The SMILES string of the molecule is Cc1nc(C)c(-c2csc(NC(=O)Cc3ccc(Br)cc3)n2)s1. The van der Waals surface area contributed by atoms with Crippen LogP contribution in [0.25, 0.3) is 10.6 Å². The van der Waals surface area contributed by atoms with Gasteiger partial charge in [-0.2, -0.15) is 0 Å². The Morgan fingerprint density at radius 2 is 1.96 bits per heavy atom. The van der Waals surface area contributed by atoms with E-state index in [1.807, 2.05) is 43.5 Å². The largest absolute Gasteiger partial charge is 0.302 e. The van der Waals surface area contributed by atoms with E-state index in [1.165, 1.54) is 11.3 Å².